The molecule has 2 heterocycles. The van der Waals surface area contributed by atoms with Crippen LogP contribution in [-0.2, 0) is 16.6 Å². The summed E-state index contributed by atoms with van der Waals surface area (Å²) < 4.78 is 27.0. The molecule has 108 valence electrons. The zero-order valence-electron chi connectivity index (χ0n) is 11.3. The molecule has 0 amide bonds. The molecule has 2 N–H and O–H groups in total. The number of sulfonamides is 1. The third-order valence-electron chi connectivity index (χ3n) is 3.34. The Hall–Kier alpha value is -0.470. The predicted molar refractivity (Wildman–Crippen MR) is 77.9 cm³/mol. The van der Waals surface area contributed by atoms with Crippen molar-refractivity contribution < 1.29 is 8.42 Å². The van der Waals surface area contributed by atoms with Gasteiger partial charge >= 0.3 is 0 Å². The first-order chi connectivity index (χ1) is 9.01. The summed E-state index contributed by atoms with van der Waals surface area (Å²) in [5.41, 5.74) is 0. The summed E-state index contributed by atoms with van der Waals surface area (Å²) >= 11 is 1.47. The fraction of sp³-hybridized carbons (Fsp3) is 0.667. The first kappa shape index (κ1) is 14.9. The van der Waals surface area contributed by atoms with Crippen LogP contribution >= 0.6 is 11.3 Å². The van der Waals surface area contributed by atoms with Gasteiger partial charge in [-0.05, 0) is 39.0 Å². The number of hydrogen-bond acceptors (Lipinski definition) is 5. The van der Waals surface area contributed by atoms with Gasteiger partial charge in [0.1, 0.15) is 0 Å². The lowest BCUT2D eigenvalue weighted by Gasteiger charge is -2.11. The zero-order chi connectivity index (χ0) is 13.9. The van der Waals surface area contributed by atoms with Crippen molar-refractivity contribution in [1.29, 1.82) is 0 Å². The molecule has 0 bridgehead atoms. The molecule has 7 heteroatoms. The van der Waals surface area contributed by atoms with Crippen LogP contribution in [0.5, 0.6) is 0 Å². The Labute approximate surface area is 119 Å². The van der Waals surface area contributed by atoms with Gasteiger partial charge in [0, 0.05) is 29.9 Å². The molecule has 1 aliphatic heterocycles. The molecule has 0 saturated carbocycles. The summed E-state index contributed by atoms with van der Waals surface area (Å²) in [5, 5.41) is 4.72. The Balaban J connectivity index is 1.93. The van der Waals surface area contributed by atoms with Crippen molar-refractivity contribution in [3.63, 3.8) is 0 Å². The van der Waals surface area contributed by atoms with Crippen LogP contribution in [0.25, 0.3) is 0 Å². The standard InChI is InChI=1S/C12H21N3O2S2/c1-13-7-11-5-12(9-18-11)19(16,17)14-6-10-3-4-15(2)8-10/h5,9-10,13-14H,3-4,6-8H2,1-2H3. The summed E-state index contributed by atoms with van der Waals surface area (Å²) in [7, 11) is 0.568. The van der Waals surface area contributed by atoms with Crippen molar-refractivity contribution in [3.8, 4) is 0 Å². The van der Waals surface area contributed by atoms with Crippen molar-refractivity contribution in [1.82, 2.24) is 14.9 Å². The highest BCUT2D eigenvalue weighted by molar-refractivity contribution is 7.89. The van der Waals surface area contributed by atoms with Gasteiger partial charge in [-0.1, -0.05) is 0 Å². The van der Waals surface area contributed by atoms with Gasteiger partial charge in [0.25, 0.3) is 0 Å². The maximum absolute atomic E-state index is 12.1. The van der Waals surface area contributed by atoms with Gasteiger partial charge in [-0.3, -0.25) is 0 Å². The van der Waals surface area contributed by atoms with E-state index in [1.54, 1.807) is 11.4 Å². The SMILES string of the molecule is CNCc1cc(S(=O)(=O)NCC2CCN(C)C2)cs1. The molecule has 1 aromatic heterocycles. The molecule has 0 aliphatic carbocycles. The maximum Gasteiger partial charge on any atom is 0.241 e. The molecule has 19 heavy (non-hydrogen) atoms. The Bertz CT molecular complexity index is 513. The van der Waals surface area contributed by atoms with Crippen LogP contribution in [0, 0.1) is 5.92 Å². The Kier molecular flexibility index (Phi) is 4.97. The highest BCUT2D eigenvalue weighted by Crippen LogP contribution is 2.20. The summed E-state index contributed by atoms with van der Waals surface area (Å²) in [6.07, 6.45) is 1.06. The molecule has 2 rings (SSSR count). The number of likely N-dealkylation sites (tertiary alicyclic amines) is 1. The van der Waals surface area contributed by atoms with Gasteiger partial charge < -0.3 is 10.2 Å². The largest absolute Gasteiger partial charge is 0.315 e. The smallest absolute Gasteiger partial charge is 0.241 e. The fourth-order valence-corrected chi connectivity index (χ4v) is 4.68. The third kappa shape index (κ3) is 4.00. The molecule has 1 saturated heterocycles. The Morgan fingerprint density at radius 2 is 2.32 bits per heavy atom. The normalized spacial score (nSPS) is 21.1. The van der Waals surface area contributed by atoms with Crippen LogP contribution in [-0.4, -0.2) is 47.0 Å². The van der Waals surface area contributed by atoms with E-state index in [2.05, 4.69) is 22.0 Å². The van der Waals surface area contributed by atoms with E-state index in [1.165, 1.54) is 11.3 Å². The second kappa shape index (κ2) is 6.32. The minimum absolute atomic E-state index is 0.383. The monoisotopic (exact) mass is 303 g/mol. The average molecular weight is 303 g/mol. The number of rotatable bonds is 6. The van der Waals surface area contributed by atoms with E-state index in [1.807, 2.05) is 7.05 Å². The summed E-state index contributed by atoms with van der Waals surface area (Å²) in [6, 6.07) is 1.74. The van der Waals surface area contributed by atoms with E-state index in [4.69, 9.17) is 0 Å². The summed E-state index contributed by atoms with van der Waals surface area (Å²) in [4.78, 5) is 3.65. The Morgan fingerprint density at radius 1 is 1.53 bits per heavy atom. The van der Waals surface area contributed by atoms with Crippen molar-refractivity contribution in [2.45, 2.75) is 17.9 Å². The van der Waals surface area contributed by atoms with Crippen molar-refractivity contribution >= 4 is 21.4 Å². The van der Waals surface area contributed by atoms with Crippen molar-refractivity contribution in [2.75, 3.05) is 33.7 Å². The Morgan fingerprint density at radius 3 is 2.95 bits per heavy atom. The highest BCUT2D eigenvalue weighted by atomic mass is 32.2. The topological polar surface area (TPSA) is 61.4 Å². The number of hydrogen-bond donors (Lipinski definition) is 2. The third-order valence-corrected chi connectivity index (χ3v) is 5.83. The summed E-state index contributed by atoms with van der Waals surface area (Å²) in [5.74, 6) is 0.426. The molecular formula is C12H21N3O2S2. The minimum Gasteiger partial charge on any atom is -0.315 e. The average Bonchev–Trinajstić information content (AvgIpc) is 2.97. The van der Waals surface area contributed by atoms with Crippen LogP contribution in [0.15, 0.2) is 16.3 Å². The van der Waals surface area contributed by atoms with Gasteiger partial charge in [-0.25, -0.2) is 13.1 Å². The second-order valence-corrected chi connectivity index (χ2v) is 7.81. The van der Waals surface area contributed by atoms with Crippen molar-refractivity contribution in [3.05, 3.63) is 16.3 Å². The van der Waals surface area contributed by atoms with E-state index >= 15 is 0 Å². The predicted octanol–water partition coefficient (Wildman–Crippen LogP) is 0.697. The number of nitrogens with one attached hydrogen (secondary N) is 2. The minimum atomic E-state index is -3.35. The molecule has 5 nitrogen and oxygen atoms in total. The lowest BCUT2D eigenvalue weighted by molar-refractivity contribution is 0.394. The molecule has 1 aromatic rings. The van der Waals surface area contributed by atoms with Gasteiger partial charge in [0.2, 0.25) is 10.0 Å². The first-order valence-electron chi connectivity index (χ1n) is 6.41. The van der Waals surface area contributed by atoms with E-state index in [-0.39, 0.29) is 0 Å². The van der Waals surface area contributed by atoms with Gasteiger partial charge in [0.15, 0.2) is 0 Å². The maximum atomic E-state index is 12.1. The molecular weight excluding hydrogens is 282 g/mol. The molecule has 0 spiro atoms. The van der Waals surface area contributed by atoms with Crippen LogP contribution < -0.4 is 10.0 Å². The lowest BCUT2D eigenvalue weighted by Crippen LogP contribution is -2.30. The van der Waals surface area contributed by atoms with Crippen LogP contribution in [0.1, 0.15) is 11.3 Å². The highest BCUT2D eigenvalue weighted by Gasteiger charge is 2.22. The van der Waals surface area contributed by atoms with E-state index in [0.29, 0.717) is 23.9 Å². The molecule has 1 atom stereocenters. The van der Waals surface area contributed by atoms with Gasteiger partial charge in [-0.15, -0.1) is 11.3 Å². The van der Waals surface area contributed by atoms with Gasteiger partial charge in [0.05, 0.1) is 4.90 Å². The van der Waals surface area contributed by atoms with Crippen LogP contribution in [0.3, 0.4) is 0 Å². The molecule has 0 radical (unpaired) electrons. The summed E-state index contributed by atoms with van der Waals surface area (Å²) in [6.45, 7) is 3.26. The first-order valence-corrected chi connectivity index (χ1v) is 8.78. The second-order valence-electron chi connectivity index (χ2n) is 5.05. The zero-order valence-corrected chi connectivity index (χ0v) is 13.0. The fourth-order valence-electron chi connectivity index (χ4n) is 2.27. The van der Waals surface area contributed by atoms with Crippen LogP contribution in [0.4, 0.5) is 0 Å². The quantitative estimate of drug-likeness (QED) is 0.812. The van der Waals surface area contributed by atoms with Crippen LogP contribution in [0.2, 0.25) is 0 Å². The molecule has 0 aromatic carbocycles. The molecule has 1 unspecified atom stereocenters. The van der Waals surface area contributed by atoms with E-state index < -0.39 is 10.0 Å². The number of thiophene rings is 1. The lowest BCUT2D eigenvalue weighted by atomic mass is 10.1. The number of nitrogens with zero attached hydrogens (tertiary/aromatic N) is 1. The van der Waals surface area contributed by atoms with E-state index in [0.717, 1.165) is 24.4 Å². The van der Waals surface area contributed by atoms with E-state index in [9.17, 15) is 8.42 Å². The molecule has 1 aliphatic rings. The molecule has 1 fully saturated rings. The van der Waals surface area contributed by atoms with Crippen molar-refractivity contribution in [2.24, 2.45) is 5.92 Å². The van der Waals surface area contributed by atoms with Gasteiger partial charge in [-0.2, -0.15) is 0 Å².